The Morgan fingerprint density at radius 1 is 1.23 bits per heavy atom. The minimum atomic E-state index is -4.85. The summed E-state index contributed by atoms with van der Waals surface area (Å²) in [6, 6.07) is 1.37. The number of aldehydes is 1. The third-order valence-electron chi connectivity index (χ3n) is 2.30. The molecule has 0 radical (unpaired) electrons. The average molecular weight is 334 g/mol. The molecule has 1 N–H and O–H groups in total. The van der Waals surface area contributed by atoms with Gasteiger partial charge in [-0.15, -0.1) is 0 Å². The molecule has 1 rings (SSSR count). The van der Waals surface area contributed by atoms with Crippen LogP contribution in [0.1, 0.15) is 24.7 Å². The zero-order valence-electron chi connectivity index (χ0n) is 11.4. The molecular formula is C12H11FO8S. The number of carbonyl (C=O) groups is 3. The van der Waals surface area contributed by atoms with E-state index in [0.29, 0.717) is 6.07 Å². The lowest BCUT2D eigenvalue weighted by atomic mass is 10.1. The summed E-state index contributed by atoms with van der Waals surface area (Å²) in [4.78, 5) is 32.7. The monoisotopic (exact) mass is 334 g/mol. The highest BCUT2D eigenvalue weighted by molar-refractivity contribution is 7.86. The summed E-state index contributed by atoms with van der Waals surface area (Å²) in [7, 11) is -4.85. The molecule has 0 aromatic heterocycles. The number of hydrogen-bond acceptors (Lipinski definition) is 7. The van der Waals surface area contributed by atoms with E-state index < -0.39 is 50.2 Å². The molecule has 0 spiro atoms. The molecule has 0 heterocycles. The standard InChI is InChI=1S/C12H11FO8S/c1-6(15)20-10-4-8(11(5-14)22(17,18)19)3-9(13)12(10)21-7(2)16/h3-5,11H,1-2H3,(H,17,18,19). The van der Waals surface area contributed by atoms with Crippen LogP contribution in [0.15, 0.2) is 12.1 Å². The zero-order chi connectivity index (χ0) is 17.1. The first-order valence-corrected chi connectivity index (χ1v) is 7.18. The van der Waals surface area contributed by atoms with Crippen molar-refractivity contribution >= 4 is 28.3 Å². The maximum atomic E-state index is 13.9. The molecule has 0 aliphatic rings. The van der Waals surface area contributed by atoms with Gasteiger partial charge in [0.25, 0.3) is 10.1 Å². The summed E-state index contributed by atoms with van der Waals surface area (Å²) in [6.07, 6.45) is -0.132. The molecule has 1 atom stereocenters. The fourth-order valence-electron chi connectivity index (χ4n) is 1.55. The van der Waals surface area contributed by atoms with Gasteiger partial charge in [-0.3, -0.25) is 14.1 Å². The van der Waals surface area contributed by atoms with E-state index in [2.05, 4.69) is 9.47 Å². The van der Waals surface area contributed by atoms with Crippen LogP contribution in [0.4, 0.5) is 4.39 Å². The van der Waals surface area contributed by atoms with Gasteiger partial charge in [-0.2, -0.15) is 8.42 Å². The summed E-state index contributed by atoms with van der Waals surface area (Å²) in [5, 5.41) is -2.08. The number of rotatable bonds is 5. The van der Waals surface area contributed by atoms with Crippen molar-refractivity contribution in [3.8, 4) is 11.5 Å². The third kappa shape index (κ3) is 4.33. The van der Waals surface area contributed by atoms with Crippen LogP contribution in [-0.2, 0) is 24.5 Å². The van der Waals surface area contributed by atoms with Gasteiger partial charge in [0.2, 0.25) is 5.75 Å². The predicted octanol–water partition coefficient (Wildman–Crippen LogP) is 0.804. The topological polar surface area (TPSA) is 124 Å². The lowest BCUT2D eigenvalue weighted by Gasteiger charge is -2.13. The molecule has 1 aromatic rings. The molecule has 0 aliphatic carbocycles. The van der Waals surface area contributed by atoms with Crippen LogP contribution in [0.25, 0.3) is 0 Å². The predicted molar refractivity (Wildman–Crippen MR) is 69.4 cm³/mol. The van der Waals surface area contributed by atoms with E-state index in [1.165, 1.54) is 0 Å². The summed E-state index contributed by atoms with van der Waals surface area (Å²) < 4.78 is 54.2. The Bertz CT molecular complexity index is 725. The SMILES string of the molecule is CC(=O)Oc1cc(C(C=O)S(=O)(=O)O)cc(F)c1OC(C)=O. The van der Waals surface area contributed by atoms with Crippen molar-refractivity contribution in [2.24, 2.45) is 0 Å². The van der Waals surface area contributed by atoms with Crippen molar-refractivity contribution < 1.29 is 41.2 Å². The molecule has 10 heteroatoms. The molecule has 0 saturated heterocycles. The molecule has 0 fully saturated rings. The second kappa shape index (κ2) is 6.62. The lowest BCUT2D eigenvalue weighted by Crippen LogP contribution is -2.15. The Morgan fingerprint density at radius 2 is 1.77 bits per heavy atom. The van der Waals surface area contributed by atoms with Crippen molar-refractivity contribution in [2.45, 2.75) is 19.1 Å². The molecule has 0 amide bonds. The van der Waals surface area contributed by atoms with E-state index in [0.717, 1.165) is 19.9 Å². The maximum Gasteiger partial charge on any atom is 0.308 e. The van der Waals surface area contributed by atoms with Crippen LogP contribution in [0.2, 0.25) is 0 Å². The normalized spacial score (nSPS) is 12.4. The Kier molecular flexibility index (Phi) is 5.33. The largest absolute Gasteiger partial charge is 0.423 e. The van der Waals surface area contributed by atoms with E-state index in [1.807, 2.05) is 0 Å². The number of carbonyl (C=O) groups excluding carboxylic acids is 3. The Balaban J connectivity index is 3.52. The molecule has 0 saturated carbocycles. The van der Waals surface area contributed by atoms with Gasteiger partial charge in [-0.25, -0.2) is 4.39 Å². The molecule has 22 heavy (non-hydrogen) atoms. The van der Waals surface area contributed by atoms with Gasteiger partial charge < -0.3 is 14.3 Å². The highest BCUT2D eigenvalue weighted by Crippen LogP contribution is 2.35. The van der Waals surface area contributed by atoms with Gasteiger partial charge >= 0.3 is 11.9 Å². The maximum absolute atomic E-state index is 13.9. The number of esters is 2. The summed E-state index contributed by atoms with van der Waals surface area (Å²) in [6.45, 7) is 1.94. The van der Waals surface area contributed by atoms with E-state index in [1.54, 1.807) is 0 Å². The van der Waals surface area contributed by atoms with Gasteiger partial charge in [0.1, 0.15) is 6.29 Å². The number of benzene rings is 1. The van der Waals surface area contributed by atoms with Gasteiger partial charge in [0.15, 0.2) is 16.8 Å². The second-order valence-corrected chi connectivity index (χ2v) is 5.63. The van der Waals surface area contributed by atoms with Gasteiger partial charge in [0.05, 0.1) is 0 Å². The third-order valence-corrected chi connectivity index (χ3v) is 3.33. The fourth-order valence-corrected chi connectivity index (χ4v) is 2.17. The van der Waals surface area contributed by atoms with Crippen LogP contribution < -0.4 is 9.47 Å². The molecule has 8 nitrogen and oxygen atoms in total. The molecular weight excluding hydrogens is 323 g/mol. The highest BCUT2D eigenvalue weighted by atomic mass is 32.2. The van der Waals surface area contributed by atoms with Crippen molar-refractivity contribution in [1.82, 2.24) is 0 Å². The Hall–Kier alpha value is -2.33. The van der Waals surface area contributed by atoms with Gasteiger partial charge in [0, 0.05) is 13.8 Å². The first kappa shape index (κ1) is 17.7. The van der Waals surface area contributed by atoms with Crippen molar-refractivity contribution in [2.75, 3.05) is 0 Å². The van der Waals surface area contributed by atoms with Crippen molar-refractivity contribution in [1.29, 1.82) is 0 Å². The first-order valence-electron chi connectivity index (χ1n) is 5.68. The van der Waals surface area contributed by atoms with Crippen LogP contribution >= 0.6 is 0 Å². The number of hydrogen-bond donors (Lipinski definition) is 1. The number of halogens is 1. The Labute approximate surface area is 124 Å². The van der Waals surface area contributed by atoms with E-state index in [4.69, 9.17) is 4.55 Å². The van der Waals surface area contributed by atoms with Crippen LogP contribution in [0.3, 0.4) is 0 Å². The molecule has 1 unspecified atom stereocenters. The van der Waals surface area contributed by atoms with E-state index in [-0.39, 0.29) is 6.29 Å². The molecule has 0 aliphatic heterocycles. The first-order chi connectivity index (χ1) is 10.1. The smallest absolute Gasteiger partial charge is 0.308 e. The minimum absolute atomic E-state index is 0.132. The summed E-state index contributed by atoms with van der Waals surface area (Å²) >= 11 is 0. The zero-order valence-corrected chi connectivity index (χ0v) is 12.2. The van der Waals surface area contributed by atoms with E-state index in [9.17, 15) is 27.2 Å². The lowest BCUT2D eigenvalue weighted by molar-refractivity contribution is -0.134. The quantitative estimate of drug-likeness (QED) is 0.363. The van der Waals surface area contributed by atoms with Crippen molar-refractivity contribution in [3.63, 3.8) is 0 Å². The summed E-state index contributed by atoms with van der Waals surface area (Å²) in [5.41, 5.74) is -0.498. The minimum Gasteiger partial charge on any atom is -0.423 e. The molecule has 120 valence electrons. The van der Waals surface area contributed by atoms with E-state index >= 15 is 0 Å². The van der Waals surface area contributed by atoms with Crippen molar-refractivity contribution in [3.05, 3.63) is 23.5 Å². The molecule has 0 bridgehead atoms. The average Bonchev–Trinajstić information content (AvgIpc) is 2.31. The fraction of sp³-hybridized carbons (Fsp3) is 0.250. The van der Waals surface area contributed by atoms with Crippen LogP contribution in [0.5, 0.6) is 11.5 Å². The van der Waals surface area contributed by atoms with Crippen LogP contribution in [0, 0.1) is 5.82 Å². The van der Waals surface area contributed by atoms with Gasteiger partial charge in [-0.05, 0) is 17.7 Å². The molecule has 1 aromatic carbocycles. The van der Waals surface area contributed by atoms with Crippen LogP contribution in [-0.4, -0.2) is 31.2 Å². The van der Waals surface area contributed by atoms with Gasteiger partial charge in [-0.1, -0.05) is 0 Å². The Morgan fingerprint density at radius 3 is 2.18 bits per heavy atom. The summed E-state index contributed by atoms with van der Waals surface area (Å²) in [5.74, 6) is -4.42. The highest BCUT2D eigenvalue weighted by Gasteiger charge is 2.28. The number of ether oxygens (including phenoxy) is 2. The second-order valence-electron chi connectivity index (χ2n) is 4.09.